The molecule has 0 aliphatic heterocycles. The zero-order valence-electron chi connectivity index (χ0n) is 21.5. The highest BCUT2D eigenvalue weighted by atomic mass is 16.6. The van der Waals surface area contributed by atoms with Gasteiger partial charge in [-0.1, -0.05) is 25.0 Å². The van der Waals surface area contributed by atoms with E-state index >= 15 is 0 Å². The summed E-state index contributed by atoms with van der Waals surface area (Å²) in [6, 6.07) is 3.76. The lowest BCUT2D eigenvalue weighted by molar-refractivity contribution is -0.143. The first-order chi connectivity index (χ1) is 17.4. The first kappa shape index (κ1) is 25.9. The Labute approximate surface area is 212 Å². The third-order valence-corrected chi connectivity index (χ3v) is 7.05. The van der Waals surface area contributed by atoms with Crippen molar-refractivity contribution < 1.29 is 24.2 Å². The Bertz CT molecular complexity index is 1070. The maximum Gasteiger partial charge on any atom is 0.409 e. The fourth-order valence-corrected chi connectivity index (χ4v) is 4.67. The van der Waals surface area contributed by atoms with Crippen LogP contribution in [0.25, 0.3) is 11.4 Å². The number of aromatic nitrogens is 4. The van der Waals surface area contributed by atoms with Crippen molar-refractivity contribution in [2.24, 2.45) is 13.0 Å². The number of rotatable bonds is 11. The average molecular weight is 500 g/mol. The molecule has 2 aromatic rings. The van der Waals surface area contributed by atoms with Gasteiger partial charge in [-0.05, 0) is 57.1 Å². The standard InChI is InChI=1S/C26H37N5O5/c1-4-5-6-14-30(2)26(34)35-16-21-24(28-29-31(21)3)20-12-13-22(23(27-20)17-10-11-17)36-19-9-7-8-18(15-19)25(32)33/h12-13,17-19H,4-11,14-16H2,1-3H3,(H,32,33)/t18-,19-/m0/s1. The summed E-state index contributed by atoms with van der Waals surface area (Å²) >= 11 is 0. The number of carbonyl (C=O) groups excluding carboxylic acids is 1. The summed E-state index contributed by atoms with van der Waals surface area (Å²) in [5.41, 5.74) is 2.79. The summed E-state index contributed by atoms with van der Waals surface area (Å²) < 4.78 is 13.5. The van der Waals surface area contributed by atoms with Crippen molar-refractivity contribution >= 4 is 12.1 Å². The van der Waals surface area contributed by atoms with E-state index in [4.69, 9.17) is 14.5 Å². The van der Waals surface area contributed by atoms with Gasteiger partial charge in [0.2, 0.25) is 0 Å². The van der Waals surface area contributed by atoms with Gasteiger partial charge < -0.3 is 19.5 Å². The lowest BCUT2D eigenvalue weighted by Crippen LogP contribution is -2.29. The minimum Gasteiger partial charge on any atom is -0.488 e. The van der Waals surface area contributed by atoms with E-state index in [1.54, 1.807) is 23.7 Å². The van der Waals surface area contributed by atoms with Crippen LogP contribution in [0.5, 0.6) is 5.75 Å². The van der Waals surface area contributed by atoms with Gasteiger partial charge in [0.15, 0.2) is 0 Å². The highest BCUT2D eigenvalue weighted by Crippen LogP contribution is 2.44. The van der Waals surface area contributed by atoms with Gasteiger partial charge in [-0.3, -0.25) is 4.79 Å². The largest absolute Gasteiger partial charge is 0.488 e. The number of nitrogens with zero attached hydrogens (tertiary/aromatic N) is 5. The van der Waals surface area contributed by atoms with Crippen LogP contribution in [0.2, 0.25) is 0 Å². The van der Waals surface area contributed by atoms with Crippen LogP contribution in [-0.4, -0.2) is 61.7 Å². The number of carboxylic acids is 1. The van der Waals surface area contributed by atoms with E-state index in [1.807, 2.05) is 12.1 Å². The van der Waals surface area contributed by atoms with Crippen LogP contribution in [-0.2, 0) is 23.2 Å². The van der Waals surface area contributed by atoms with Crippen molar-refractivity contribution in [3.63, 3.8) is 0 Å². The van der Waals surface area contributed by atoms with Crippen LogP contribution < -0.4 is 4.74 Å². The molecule has 1 amide bonds. The van der Waals surface area contributed by atoms with E-state index in [0.29, 0.717) is 42.4 Å². The van der Waals surface area contributed by atoms with Gasteiger partial charge in [0.05, 0.1) is 23.4 Å². The third kappa shape index (κ3) is 6.33. The van der Waals surface area contributed by atoms with Crippen LogP contribution in [0.1, 0.15) is 82.0 Å². The Morgan fingerprint density at radius 1 is 1.19 bits per heavy atom. The van der Waals surface area contributed by atoms with Crippen LogP contribution >= 0.6 is 0 Å². The molecule has 0 saturated heterocycles. The SMILES string of the molecule is CCCCCN(C)C(=O)OCc1c(-c2ccc(O[C@H]3CCC[C@H](C(=O)O)C3)c(C3CC3)n2)nnn1C. The predicted octanol–water partition coefficient (Wildman–Crippen LogP) is 4.54. The van der Waals surface area contributed by atoms with E-state index in [2.05, 4.69) is 17.2 Å². The number of aliphatic carboxylic acids is 1. The summed E-state index contributed by atoms with van der Waals surface area (Å²) in [5.74, 6) is -0.0467. The second-order valence-electron chi connectivity index (χ2n) is 9.99. The van der Waals surface area contributed by atoms with Gasteiger partial charge in [-0.15, -0.1) is 5.10 Å². The van der Waals surface area contributed by atoms with Gasteiger partial charge >= 0.3 is 12.1 Å². The number of hydrogen-bond acceptors (Lipinski definition) is 7. The Morgan fingerprint density at radius 2 is 2.00 bits per heavy atom. The number of carbonyl (C=O) groups is 2. The normalized spacial score (nSPS) is 19.6. The van der Waals surface area contributed by atoms with Gasteiger partial charge in [0.1, 0.15) is 23.7 Å². The van der Waals surface area contributed by atoms with Gasteiger partial charge in [-0.2, -0.15) is 0 Å². The molecule has 0 radical (unpaired) electrons. The summed E-state index contributed by atoms with van der Waals surface area (Å²) in [4.78, 5) is 30.4. The zero-order valence-corrected chi connectivity index (χ0v) is 21.5. The first-order valence-electron chi connectivity index (χ1n) is 13.0. The molecule has 2 saturated carbocycles. The molecule has 2 aromatic heterocycles. The van der Waals surface area contributed by atoms with Crippen molar-refractivity contribution in [3.05, 3.63) is 23.5 Å². The van der Waals surface area contributed by atoms with Crippen molar-refractivity contribution in [1.82, 2.24) is 24.9 Å². The molecule has 4 rings (SSSR count). The summed E-state index contributed by atoms with van der Waals surface area (Å²) in [5, 5.41) is 17.9. The minimum atomic E-state index is -0.748. The van der Waals surface area contributed by atoms with Crippen molar-refractivity contribution in [3.8, 4) is 17.1 Å². The van der Waals surface area contributed by atoms with Gasteiger partial charge in [-0.25, -0.2) is 14.5 Å². The average Bonchev–Trinajstić information content (AvgIpc) is 3.65. The number of pyridine rings is 1. The highest BCUT2D eigenvalue weighted by molar-refractivity contribution is 5.70. The Morgan fingerprint density at radius 3 is 2.72 bits per heavy atom. The molecular formula is C26H37N5O5. The van der Waals surface area contributed by atoms with Crippen molar-refractivity contribution in [2.75, 3.05) is 13.6 Å². The monoisotopic (exact) mass is 499 g/mol. The maximum atomic E-state index is 12.4. The highest BCUT2D eigenvalue weighted by Gasteiger charge is 2.33. The van der Waals surface area contributed by atoms with Crippen LogP contribution in [0, 0.1) is 5.92 Å². The molecule has 2 fully saturated rings. The fraction of sp³-hybridized carbons (Fsp3) is 0.654. The van der Waals surface area contributed by atoms with Gasteiger partial charge in [0.25, 0.3) is 0 Å². The number of aryl methyl sites for hydroxylation is 1. The molecule has 0 spiro atoms. The molecule has 1 N–H and O–H groups in total. The molecule has 10 heteroatoms. The summed E-state index contributed by atoms with van der Waals surface area (Å²) in [6.45, 7) is 2.83. The van der Waals surface area contributed by atoms with E-state index in [0.717, 1.165) is 56.4 Å². The molecule has 0 bridgehead atoms. The second kappa shape index (κ2) is 11.7. The Hall–Kier alpha value is -3.17. The molecule has 0 aromatic carbocycles. The second-order valence-corrected chi connectivity index (χ2v) is 9.99. The van der Waals surface area contributed by atoms with E-state index in [-0.39, 0.29) is 24.7 Å². The molecule has 10 nitrogen and oxygen atoms in total. The third-order valence-electron chi connectivity index (χ3n) is 7.05. The van der Waals surface area contributed by atoms with Crippen molar-refractivity contribution in [2.45, 2.75) is 83.3 Å². The summed E-state index contributed by atoms with van der Waals surface area (Å²) in [7, 11) is 3.51. The Kier molecular flexibility index (Phi) is 8.43. The predicted molar refractivity (Wildman–Crippen MR) is 133 cm³/mol. The molecule has 0 unspecified atom stereocenters. The molecule has 2 heterocycles. The number of unbranched alkanes of at least 4 members (excludes halogenated alkanes) is 2. The zero-order chi connectivity index (χ0) is 25.7. The number of carboxylic acid groups (broad SMARTS) is 1. The summed E-state index contributed by atoms with van der Waals surface area (Å²) in [6.07, 6.45) is 7.63. The number of amides is 1. The smallest absolute Gasteiger partial charge is 0.409 e. The van der Waals surface area contributed by atoms with Crippen molar-refractivity contribution in [1.29, 1.82) is 0 Å². The first-order valence-corrected chi connectivity index (χ1v) is 13.0. The van der Waals surface area contributed by atoms with E-state index < -0.39 is 5.97 Å². The van der Waals surface area contributed by atoms with E-state index in [9.17, 15) is 14.7 Å². The van der Waals surface area contributed by atoms with Crippen LogP contribution in [0.4, 0.5) is 4.79 Å². The van der Waals surface area contributed by atoms with Gasteiger partial charge in [0, 0.05) is 26.6 Å². The topological polar surface area (TPSA) is 120 Å². The fourth-order valence-electron chi connectivity index (χ4n) is 4.67. The molecule has 2 atom stereocenters. The van der Waals surface area contributed by atoms with Crippen LogP contribution in [0.3, 0.4) is 0 Å². The molecule has 196 valence electrons. The molecule has 2 aliphatic carbocycles. The quantitative estimate of drug-likeness (QED) is 0.448. The molecule has 2 aliphatic rings. The number of hydrogen-bond donors (Lipinski definition) is 1. The molecule has 36 heavy (non-hydrogen) atoms. The lowest BCUT2D eigenvalue weighted by Gasteiger charge is -2.28. The lowest BCUT2D eigenvalue weighted by atomic mass is 9.87. The maximum absolute atomic E-state index is 12.4. The Balaban J connectivity index is 1.47. The number of ether oxygens (including phenoxy) is 2. The van der Waals surface area contributed by atoms with Crippen LogP contribution in [0.15, 0.2) is 12.1 Å². The minimum absolute atomic E-state index is 0.0487. The molecular weight excluding hydrogens is 462 g/mol. The van der Waals surface area contributed by atoms with E-state index in [1.165, 1.54) is 0 Å².